The number of anilines is 1. The zero-order valence-electron chi connectivity index (χ0n) is 15.0. The fraction of sp³-hybridized carbons (Fsp3) is 0.0909. The zero-order valence-corrected chi connectivity index (χ0v) is 15.8. The molecule has 0 radical (unpaired) electrons. The van der Waals surface area contributed by atoms with Crippen molar-refractivity contribution in [3.05, 3.63) is 70.7 Å². The van der Waals surface area contributed by atoms with Crippen molar-refractivity contribution < 1.29 is 4.79 Å². The topological polar surface area (TPSA) is 60.9 Å². The minimum atomic E-state index is -0.107. The number of aromatic nitrogens is 2. The standard InChI is InChI=1S/C22H17N3OS/c1-12-11-13(2)24-21-18(12)19(23)20(27-21)22(26)25-16-9-5-3-7-14(16)15-8-4-6-10-17(15)25/h3-11H,23H2,1-2H3. The van der Waals surface area contributed by atoms with Crippen molar-refractivity contribution in [2.45, 2.75) is 13.8 Å². The van der Waals surface area contributed by atoms with Gasteiger partial charge in [0.15, 0.2) is 0 Å². The molecule has 5 rings (SSSR count). The molecule has 27 heavy (non-hydrogen) atoms. The van der Waals surface area contributed by atoms with E-state index in [1.165, 1.54) is 11.3 Å². The van der Waals surface area contributed by atoms with Gasteiger partial charge in [0.25, 0.3) is 5.91 Å². The number of carbonyl (C=O) groups is 1. The lowest BCUT2D eigenvalue weighted by Gasteiger charge is -2.05. The monoisotopic (exact) mass is 371 g/mol. The Kier molecular flexibility index (Phi) is 3.36. The molecule has 0 aliphatic rings. The number of thiophene rings is 1. The number of aryl methyl sites for hydroxylation is 2. The van der Waals surface area contributed by atoms with Gasteiger partial charge < -0.3 is 5.73 Å². The number of fused-ring (bicyclic) bond motifs is 4. The first-order valence-electron chi connectivity index (χ1n) is 8.75. The number of hydrogen-bond donors (Lipinski definition) is 1. The molecule has 132 valence electrons. The van der Waals surface area contributed by atoms with Crippen LogP contribution in [0.4, 0.5) is 5.69 Å². The molecule has 0 aliphatic carbocycles. The predicted molar refractivity (Wildman–Crippen MR) is 113 cm³/mol. The van der Waals surface area contributed by atoms with E-state index < -0.39 is 0 Å². The molecule has 0 unspecified atom stereocenters. The molecule has 0 spiro atoms. The summed E-state index contributed by atoms with van der Waals surface area (Å²) < 4.78 is 1.77. The molecule has 3 aromatic heterocycles. The van der Waals surface area contributed by atoms with Gasteiger partial charge in [-0.1, -0.05) is 36.4 Å². The molecule has 5 heteroatoms. The molecule has 0 amide bonds. The van der Waals surface area contributed by atoms with E-state index in [4.69, 9.17) is 5.73 Å². The molecular weight excluding hydrogens is 354 g/mol. The average Bonchev–Trinajstić information content (AvgIpc) is 3.16. The van der Waals surface area contributed by atoms with Crippen molar-refractivity contribution in [2.75, 3.05) is 5.73 Å². The van der Waals surface area contributed by atoms with Crippen LogP contribution in [-0.4, -0.2) is 15.5 Å². The Morgan fingerprint density at radius 3 is 2.22 bits per heavy atom. The van der Waals surface area contributed by atoms with Crippen molar-refractivity contribution in [3.8, 4) is 0 Å². The van der Waals surface area contributed by atoms with Crippen LogP contribution >= 0.6 is 11.3 Å². The summed E-state index contributed by atoms with van der Waals surface area (Å²) in [5.41, 5.74) is 10.7. The van der Waals surface area contributed by atoms with E-state index in [-0.39, 0.29) is 5.91 Å². The molecule has 0 saturated heterocycles. The minimum absolute atomic E-state index is 0.107. The zero-order chi connectivity index (χ0) is 18.7. The number of nitrogens with two attached hydrogens (primary N) is 1. The van der Waals surface area contributed by atoms with Gasteiger partial charge in [-0.3, -0.25) is 9.36 Å². The normalized spacial score (nSPS) is 11.6. The first-order chi connectivity index (χ1) is 13.1. The van der Waals surface area contributed by atoms with E-state index in [0.717, 1.165) is 43.3 Å². The molecule has 5 aromatic rings. The molecule has 0 bridgehead atoms. The number of nitrogens with zero attached hydrogens (tertiary/aromatic N) is 2. The Morgan fingerprint density at radius 2 is 1.59 bits per heavy atom. The lowest BCUT2D eigenvalue weighted by molar-refractivity contribution is 0.0974. The van der Waals surface area contributed by atoms with Gasteiger partial charge in [0.2, 0.25) is 0 Å². The highest BCUT2D eigenvalue weighted by Crippen LogP contribution is 2.37. The lowest BCUT2D eigenvalue weighted by atomic mass is 10.1. The van der Waals surface area contributed by atoms with Crippen LogP contribution in [0.5, 0.6) is 0 Å². The number of nitrogen functional groups attached to an aromatic ring is 1. The fourth-order valence-corrected chi connectivity index (χ4v) is 5.02. The molecule has 4 nitrogen and oxygen atoms in total. The summed E-state index contributed by atoms with van der Waals surface area (Å²) in [5.74, 6) is -0.107. The Morgan fingerprint density at radius 1 is 1.00 bits per heavy atom. The van der Waals surface area contributed by atoms with Crippen LogP contribution in [-0.2, 0) is 0 Å². The van der Waals surface area contributed by atoms with Crippen molar-refractivity contribution in [1.29, 1.82) is 0 Å². The Hall–Kier alpha value is -3.18. The van der Waals surface area contributed by atoms with E-state index in [1.54, 1.807) is 4.57 Å². The average molecular weight is 371 g/mol. The van der Waals surface area contributed by atoms with E-state index in [9.17, 15) is 4.79 Å². The molecular formula is C22H17N3OS. The van der Waals surface area contributed by atoms with Gasteiger partial charge in [0, 0.05) is 21.9 Å². The number of benzene rings is 2. The molecule has 0 saturated carbocycles. The van der Waals surface area contributed by atoms with Crippen LogP contribution in [0.15, 0.2) is 54.6 Å². The summed E-state index contributed by atoms with van der Waals surface area (Å²) in [4.78, 5) is 19.5. The maximum Gasteiger partial charge on any atom is 0.275 e. The smallest absolute Gasteiger partial charge is 0.275 e. The third-order valence-electron chi connectivity index (χ3n) is 5.00. The highest BCUT2D eigenvalue weighted by atomic mass is 32.1. The molecule has 3 heterocycles. The van der Waals surface area contributed by atoms with E-state index in [1.807, 2.05) is 68.4 Å². The van der Waals surface area contributed by atoms with Crippen LogP contribution in [0.25, 0.3) is 32.0 Å². The first-order valence-corrected chi connectivity index (χ1v) is 9.57. The molecule has 2 aromatic carbocycles. The van der Waals surface area contributed by atoms with Crippen LogP contribution in [0.1, 0.15) is 20.9 Å². The van der Waals surface area contributed by atoms with Crippen molar-refractivity contribution in [1.82, 2.24) is 9.55 Å². The highest BCUT2D eigenvalue weighted by Gasteiger charge is 2.23. The molecule has 0 aliphatic heterocycles. The Balaban J connectivity index is 1.83. The summed E-state index contributed by atoms with van der Waals surface area (Å²) in [6.07, 6.45) is 0. The van der Waals surface area contributed by atoms with Crippen molar-refractivity contribution in [3.63, 3.8) is 0 Å². The fourth-order valence-electron chi connectivity index (χ4n) is 3.87. The number of pyridine rings is 1. The largest absolute Gasteiger partial charge is 0.397 e. The number of para-hydroxylation sites is 2. The van der Waals surface area contributed by atoms with Gasteiger partial charge in [0.05, 0.1) is 16.7 Å². The maximum absolute atomic E-state index is 13.6. The van der Waals surface area contributed by atoms with Crippen LogP contribution < -0.4 is 5.73 Å². The molecule has 0 fully saturated rings. The van der Waals surface area contributed by atoms with Crippen molar-refractivity contribution >= 4 is 55.0 Å². The van der Waals surface area contributed by atoms with Gasteiger partial charge in [-0.25, -0.2) is 4.98 Å². The van der Waals surface area contributed by atoms with Crippen LogP contribution in [0, 0.1) is 13.8 Å². The number of hydrogen-bond acceptors (Lipinski definition) is 4. The third-order valence-corrected chi connectivity index (χ3v) is 6.09. The second-order valence-corrected chi connectivity index (χ2v) is 7.78. The van der Waals surface area contributed by atoms with E-state index in [0.29, 0.717) is 10.6 Å². The summed E-state index contributed by atoms with van der Waals surface area (Å²) in [5, 5.41) is 3.01. The SMILES string of the molecule is Cc1cc(C)c2c(N)c(C(=O)n3c4ccccc4c4ccccc43)sc2n1. The highest BCUT2D eigenvalue weighted by molar-refractivity contribution is 7.21. The Bertz CT molecular complexity index is 1320. The summed E-state index contributed by atoms with van der Waals surface area (Å²) in [7, 11) is 0. The van der Waals surface area contributed by atoms with Gasteiger partial charge in [0.1, 0.15) is 9.71 Å². The summed E-state index contributed by atoms with van der Waals surface area (Å²) in [6.45, 7) is 3.96. The lowest BCUT2D eigenvalue weighted by Crippen LogP contribution is -2.11. The summed E-state index contributed by atoms with van der Waals surface area (Å²) >= 11 is 1.37. The first kappa shape index (κ1) is 16.0. The minimum Gasteiger partial charge on any atom is -0.397 e. The molecule has 2 N–H and O–H groups in total. The molecule has 0 atom stereocenters. The van der Waals surface area contributed by atoms with Crippen LogP contribution in [0.3, 0.4) is 0 Å². The predicted octanol–water partition coefficient (Wildman–Crippen LogP) is 5.29. The summed E-state index contributed by atoms with van der Waals surface area (Å²) in [6, 6.07) is 17.9. The maximum atomic E-state index is 13.6. The van der Waals surface area contributed by atoms with Crippen molar-refractivity contribution in [2.24, 2.45) is 0 Å². The number of rotatable bonds is 1. The van der Waals surface area contributed by atoms with Gasteiger partial charge in [-0.2, -0.15) is 0 Å². The second kappa shape index (κ2) is 5.66. The number of carbonyl (C=O) groups excluding carboxylic acids is 1. The Labute approximate surface area is 159 Å². The van der Waals surface area contributed by atoms with E-state index >= 15 is 0 Å². The third kappa shape index (κ3) is 2.22. The van der Waals surface area contributed by atoms with E-state index in [2.05, 4.69) is 4.98 Å². The van der Waals surface area contributed by atoms with Gasteiger partial charge >= 0.3 is 0 Å². The van der Waals surface area contributed by atoms with Gasteiger partial charge in [-0.05, 0) is 37.6 Å². The van der Waals surface area contributed by atoms with Crippen LogP contribution in [0.2, 0.25) is 0 Å². The second-order valence-electron chi connectivity index (χ2n) is 6.78. The quantitative estimate of drug-likeness (QED) is 0.435. The van der Waals surface area contributed by atoms with Gasteiger partial charge in [-0.15, -0.1) is 11.3 Å².